The van der Waals surface area contributed by atoms with Crippen molar-refractivity contribution < 1.29 is 14.3 Å². The van der Waals surface area contributed by atoms with Crippen LogP contribution in [-0.4, -0.2) is 81.0 Å². The maximum absolute atomic E-state index is 11.9. The van der Waals surface area contributed by atoms with Crippen LogP contribution in [0, 0.1) is 0 Å². The van der Waals surface area contributed by atoms with Crippen LogP contribution in [0.2, 0.25) is 0 Å². The molecule has 1 N–H and O–H groups in total. The Hall–Kier alpha value is -0.850. The van der Waals surface area contributed by atoms with Crippen molar-refractivity contribution in [2.24, 2.45) is 0 Å². The van der Waals surface area contributed by atoms with Crippen molar-refractivity contribution in [1.82, 2.24) is 15.1 Å². The van der Waals surface area contributed by atoms with Crippen molar-refractivity contribution in [2.45, 2.75) is 13.0 Å². The first-order valence-electron chi connectivity index (χ1n) is 6.69. The van der Waals surface area contributed by atoms with E-state index < -0.39 is 0 Å². The third-order valence-electron chi connectivity index (χ3n) is 3.52. The fourth-order valence-corrected chi connectivity index (χ4v) is 2.26. The van der Waals surface area contributed by atoms with Gasteiger partial charge in [0, 0.05) is 38.8 Å². The third-order valence-corrected chi connectivity index (χ3v) is 3.52. The van der Waals surface area contributed by atoms with E-state index in [1.165, 1.54) is 0 Å². The molecule has 18 heavy (non-hydrogen) atoms. The number of hydrogen-bond acceptors (Lipinski definition) is 4. The zero-order valence-corrected chi connectivity index (χ0v) is 11.1. The molecule has 0 bridgehead atoms. The Morgan fingerprint density at radius 1 is 1.11 bits per heavy atom. The molecule has 2 rings (SSSR count). The molecule has 0 aromatic carbocycles. The van der Waals surface area contributed by atoms with Gasteiger partial charge in [0.05, 0.1) is 26.4 Å². The Morgan fingerprint density at radius 3 is 2.28 bits per heavy atom. The molecule has 0 aliphatic carbocycles. The largest absolute Gasteiger partial charge is 0.379 e. The Morgan fingerprint density at radius 2 is 1.67 bits per heavy atom. The molecule has 2 aliphatic rings. The number of rotatable bonds is 3. The molecule has 6 nitrogen and oxygen atoms in total. The molecule has 0 spiro atoms. The van der Waals surface area contributed by atoms with Crippen molar-refractivity contribution in [3.8, 4) is 0 Å². The summed E-state index contributed by atoms with van der Waals surface area (Å²) < 4.78 is 10.5. The highest BCUT2D eigenvalue weighted by molar-refractivity contribution is 5.74. The van der Waals surface area contributed by atoms with Gasteiger partial charge in [-0.3, -0.25) is 4.90 Å². The van der Waals surface area contributed by atoms with Crippen molar-refractivity contribution >= 4 is 6.03 Å². The third kappa shape index (κ3) is 3.83. The summed E-state index contributed by atoms with van der Waals surface area (Å²) in [5.41, 5.74) is 0. The smallest absolute Gasteiger partial charge is 0.317 e. The van der Waals surface area contributed by atoms with Crippen LogP contribution in [0.1, 0.15) is 6.92 Å². The first kappa shape index (κ1) is 13.6. The van der Waals surface area contributed by atoms with Gasteiger partial charge in [-0.25, -0.2) is 4.79 Å². The summed E-state index contributed by atoms with van der Waals surface area (Å²) in [5.74, 6) is 0. The van der Waals surface area contributed by atoms with Gasteiger partial charge in [-0.1, -0.05) is 0 Å². The highest BCUT2D eigenvalue weighted by Crippen LogP contribution is 2.03. The normalized spacial score (nSPS) is 23.7. The molecule has 0 saturated carbocycles. The molecule has 1 unspecified atom stereocenters. The molecule has 6 heteroatoms. The monoisotopic (exact) mass is 257 g/mol. The van der Waals surface area contributed by atoms with E-state index >= 15 is 0 Å². The molecule has 1 atom stereocenters. The summed E-state index contributed by atoms with van der Waals surface area (Å²) >= 11 is 0. The highest BCUT2D eigenvalue weighted by atomic mass is 16.5. The summed E-state index contributed by atoms with van der Waals surface area (Å²) in [6.45, 7) is 9.00. The molecule has 104 valence electrons. The average Bonchev–Trinajstić information content (AvgIpc) is 2.46. The lowest BCUT2D eigenvalue weighted by molar-refractivity contribution is 0.0199. The maximum atomic E-state index is 11.9. The number of nitrogens with zero attached hydrogens (tertiary/aromatic N) is 2. The molecular formula is C12H23N3O3. The number of urea groups is 1. The number of carbonyl (C=O) groups is 1. The van der Waals surface area contributed by atoms with Crippen molar-refractivity contribution in [1.29, 1.82) is 0 Å². The molecule has 0 aromatic rings. The number of amides is 2. The Bertz CT molecular complexity index is 263. The molecule has 0 aromatic heterocycles. The van der Waals surface area contributed by atoms with Gasteiger partial charge in [-0.05, 0) is 6.92 Å². The zero-order chi connectivity index (χ0) is 12.8. The molecule has 2 saturated heterocycles. The summed E-state index contributed by atoms with van der Waals surface area (Å²) in [4.78, 5) is 16.1. The molecule has 2 heterocycles. The van der Waals surface area contributed by atoms with E-state index in [1.54, 1.807) is 0 Å². The predicted octanol–water partition coefficient (Wildman–Crippen LogP) is -0.251. The SMILES string of the molecule is CC(CNC(=O)N1CCOCC1)N1CCOCC1. The van der Waals surface area contributed by atoms with Crippen LogP contribution in [0.5, 0.6) is 0 Å². The van der Waals surface area contributed by atoms with Gasteiger partial charge in [0.1, 0.15) is 0 Å². The molecule has 2 amide bonds. The highest BCUT2D eigenvalue weighted by Gasteiger charge is 2.20. The number of carbonyl (C=O) groups excluding carboxylic acids is 1. The minimum Gasteiger partial charge on any atom is -0.379 e. The fraction of sp³-hybridized carbons (Fsp3) is 0.917. The van der Waals surface area contributed by atoms with Gasteiger partial charge in [0.25, 0.3) is 0 Å². The summed E-state index contributed by atoms with van der Waals surface area (Å²) in [6, 6.07) is 0.386. The lowest BCUT2D eigenvalue weighted by atomic mass is 10.2. The van der Waals surface area contributed by atoms with Crippen LogP contribution in [0.3, 0.4) is 0 Å². The van der Waals surface area contributed by atoms with E-state index in [9.17, 15) is 4.79 Å². The van der Waals surface area contributed by atoms with Crippen LogP contribution >= 0.6 is 0 Å². The number of nitrogens with one attached hydrogen (secondary N) is 1. The quantitative estimate of drug-likeness (QED) is 0.757. The van der Waals surface area contributed by atoms with Gasteiger partial charge < -0.3 is 19.7 Å². The van der Waals surface area contributed by atoms with E-state index in [2.05, 4.69) is 17.1 Å². The van der Waals surface area contributed by atoms with Crippen LogP contribution < -0.4 is 5.32 Å². The molecule has 0 radical (unpaired) electrons. The lowest BCUT2D eigenvalue weighted by Crippen LogP contribution is -2.51. The molecule has 2 aliphatic heterocycles. The molecular weight excluding hydrogens is 234 g/mol. The average molecular weight is 257 g/mol. The number of ether oxygens (including phenoxy) is 2. The summed E-state index contributed by atoms with van der Waals surface area (Å²) in [5, 5.41) is 3.00. The summed E-state index contributed by atoms with van der Waals surface area (Å²) in [6.07, 6.45) is 0. The van der Waals surface area contributed by atoms with Crippen molar-refractivity contribution in [2.75, 3.05) is 59.2 Å². The van der Waals surface area contributed by atoms with Gasteiger partial charge in [-0.2, -0.15) is 0 Å². The standard InChI is InChI=1S/C12H23N3O3/c1-11(14-2-6-17-7-3-14)10-13-12(16)15-4-8-18-9-5-15/h11H,2-10H2,1H3,(H,13,16). The van der Waals surface area contributed by atoms with Gasteiger partial charge in [-0.15, -0.1) is 0 Å². The summed E-state index contributed by atoms with van der Waals surface area (Å²) in [7, 11) is 0. The topological polar surface area (TPSA) is 54.0 Å². The fourth-order valence-electron chi connectivity index (χ4n) is 2.26. The Kier molecular flexibility index (Phi) is 5.22. The second-order valence-corrected chi connectivity index (χ2v) is 4.78. The zero-order valence-electron chi connectivity index (χ0n) is 11.1. The van der Waals surface area contributed by atoms with Crippen molar-refractivity contribution in [3.05, 3.63) is 0 Å². The minimum absolute atomic E-state index is 0.0263. The van der Waals surface area contributed by atoms with E-state index in [0.717, 1.165) is 26.3 Å². The second-order valence-electron chi connectivity index (χ2n) is 4.78. The maximum Gasteiger partial charge on any atom is 0.317 e. The lowest BCUT2D eigenvalue weighted by Gasteiger charge is -2.33. The van der Waals surface area contributed by atoms with Crippen molar-refractivity contribution in [3.63, 3.8) is 0 Å². The minimum atomic E-state index is 0.0263. The van der Waals surface area contributed by atoms with Crippen LogP contribution in [0.4, 0.5) is 4.79 Å². The second kappa shape index (κ2) is 6.92. The predicted molar refractivity (Wildman–Crippen MR) is 67.6 cm³/mol. The number of hydrogen-bond donors (Lipinski definition) is 1. The van der Waals surface area contributed by atoms with Gasteiger partial charge in [0.2, 0.25) is 0 Å². The van der Waals surface area contributed by atoms with Gasteiger partial charge >= 0.3 is 6.03 Å². The first-order valence-corrected chi connectivity index (χ1v) is 6.69. The van der Waals surface area contributed by atoms with E-state index in [1.807, 2.05) is 4.90 Å². The van der Waals surface area contributed by atoms with Crippen LogP contribution in [-0.2, 0) is 9.47 Å². The van der Waals surface area contributed by atoms with Crippen LogP contribution in [0.15, 0.2) is 0 Å². The van der Waals surface area contributed by atoms with E-state index in [-0.39, 0.29) is 6.03 Å². The van der Waals surface area contributed by atoms with E-state index in [4.69, 9.17) is 9.47 Å². The van der Waals surface area contributed by atoms with Gasteiger partial charge in [0.15, 0.2) is 0 Å². The van der Waals surface area contributed by atoms with Crippen LogP contribution in [0.25, 0.3) is 0 Å². The Balaban J connectivity index is 1.67. The molecule has 2 fully saturated rings. The Labute approximate surface area is 108 Å². The van der Waals surface area contributed by atoms with E-state index in [0.29, 0.717) is 38.9 Å². The number of morpholine rings is 2. The first-order chi connectivity index (χ1) is 8.77.